The van der Waals surface area contributed by atoms with Gasteiger partial charge in [0.15, 0.2) is 0 Å². The van der Waals surface area contributed by atoms with E-state index in [-0.39, 0.29) is 0 Å². The largest absolute Gasteiger partial charge is 0.379 e. The van der Waals surface area contributed by atoms with Crippen LogP contribution in [0, 0.1) is 0 Å². The molecule has 5 heteroatoms. The first-order valence-corrected chi connectivity index (χ1v) is 5.69. The molecule has 1 unspecified atom stereocenters. The maximum atomic E-state index is 5.32. The summed E-state index contributed by atoms with van der Waals surface area (Å²) in [7, 11) is 0. The summed E-state index contributed by atoms with van der Waals surface area (Å²) in [5, 5.41) is 11.2. The molecule has 1 atom stereocenters. The Morgan fingerprint density at radius 2 is 2.31 bits per heavy atom. The standard InChI is InChI=1S/C11H18N4O/c1-10(9-15-5-7-16-8-6-15)13-11-3-2-4-12-14-11/h2-4,10H,5-9H2,1H3,(H,13,14). The molecule has 1 aliphatic rings. The second-order valence-corrected chi connectivity index (χ2v) is 4.07. The van der Waals surface area contributed by atoms with Crippen LogP contribution in [0.5, 0.6) is 0 Å². The van der Waals surface area contributed by atoms with E-state index in [1.54, 1.807) is 6.20 Å². The maximum Gasteiger partial charge on any atom is 0.148 e. The molecule has 0 aliphatic carbocycles. The van der Waals surface area contributed by atoms with Crippen LogP contribution >= 0.6 is 0 Å². The van der Waals surface area contributed by atoms with Crippen molar-refractivity contribution < 1.29 is 4.74 Å². The number of ether oxygens (including phenoxy) is 1. The van der Waals surface area contributed by atoms with Crippen molar-refractivity contribution in [1.82, 2.24) is 15.1 Å². The maximum absolute atomic E-state index is 5.32. The predicted octanol–water partition coefficient (Wildman–Crippen LogP) is 0.609. The van der Waals surface area contributed by atoms with Crippen LogP contribution in [-0.4, -0.2) is 54.0 Å². The average Bonchev–Trinajstić information content (AvgIpc) is 2.31. The Labute approximate surface area is 95.8 Å². The molecule has 2 rings (SSSR count). The van der Waals surface area contributed by atoms with Gasteiger partial charge < -0.3 is 10.1 Å². The Morgan fingerprint density at radius 3 is 3.00 bits per heavy atom. The normalized spacial score (nSPS) is 19.3. The smallest absolute Gasteiger partial charge is 0.148 e. The van der Waals surface area contributed by atoms with E-state index in [4.69, 9.17) is 4.74 Å². The summed E-state index contributed by atoms with van der Waals surface area (Å²) in [5.74, 6) is 0.836. The minimum absolute atomic E-state index is 0.370. The van der Waals surface area contributed by atoms with Crippen LogP contribution in [0.3, 0.4) is 0 Å². The predicted molar refractivity (Wildman–Crippen MR) is 62.4 cm³/mol. The highest BCUT2D eigenvalue weighted by molar-refractivity contribution is 5.32. The molecule has 2 heterocycles. The fraction of sp³-hybridized carbons (Fsp3) is 0.636. The van der Waals surface area contributed by atoms with Gasteiger partial charge in [0.2, 0.25) is 0 Å². The third-order valence-corrected chi connectivity index (χ3v) is 2.60. The Hall–Kier alpha value is -1.20. The molecule has 5 nitrogen and oxygen atoms in total. The SMILES string of the molecule is CC(CN1CCOCC1)Nc1cccnn1. The lowest BCUT2D eigenvalue weighted by Crippen LogP contribution is -2.42. The van der Waals surface area contributed by atoms with E-state index in [9.17, 15) is 0 Å². The fourth-order valence-electron chi connectivity index (χ4n) is 1.85. The monoisotopic (exact) mass is 222 g/mol. The van der Waals surface area contributed by atoms with Gasteiger partial charge in [0.25, 0.3) is 0 Å². The summed E-state index contributed by atoms with van der Waals surface area (Å²) >= 11 is 0. The van der Waals surface area contributed by atoms with Gasteiger partial charge in [-0.25, -0.2) is 0 Å². The van der Waals surface area contributed by atoms with Crippen LogP contribution in [-0.2, 0) is 4.74 Å². The van der Waals surface area contributed by atoms with Crippen molar-refractivity contribution in [2.45, 2.75) is 13.0 Å². The quantitative estimate of drug-likeness (QED) is 0.809. The third-order valence-electron chi connectivity index (χ3n) is 2.60. The lowest BCUT2D eigenvalue weighted by Gasteiger charge is -2.29. The van der Waals surface area contributed by atoms with E-state index in [1.807, 2.05) is 12.1 Å². The van der Waals surface area contributed by atoms with E-state index >= 15 is 0 Å². The summed E-state index contributed by atoms with van der Waals surface area (Å²) in [6, 6.07) is 4.19. The van der Waals surface area contributed by atoms with Crippen LogP contribution in [0.25, 0.3) is 0 Å². The molecule has 0 radical (unpaired) electrons. The molecule has 16 heavy (non-hydrogen) atoms. The molecule has 0 aromatic carbocycles. The van der Waals surface area contributed by atoms with Gasteiger partial charge in [-0.1, -0.05) is 0 Å². The van der Waals surface area contributed by atoms with Crippen molar-refractivity contribution in [3.8, 4) is 0 Å². The molecule has 0 spiro atoms. The fourth-order valence-corrected chi connectivity index (χ4v) is 1.85. The third kappa shape index (κ3) is 3.43. The second-order valence-electron chi connectivity index (χ2n) is 4.07. The van der Waals surface area contributed by atoms with Crippen LogP contribution in [0.2, 0.25) is 0 Å². The Kier molecular flexibility index (Phi) is 4.07. The van der Waals surface area contributed by atoms with E-state index in [0.717, 1.165) is 38.7 Å². The van der Waals surface area contributed by atoms with Gasteiger partial charge in [-0.05, 0) is 19.1 Å². The van der Waals surface area contributed by atoms with Crippen LogP contribution in [0.15, 0.2) is 18.3 Å². The summed E-state index contributed by atoms with van der Waals surface area (Å²) < 4.78 is 5.32. The number of anilines is 1. The molecule has 1 aliphatic heterocycles. The van der Waals surface area contributed by atoms with Gasteiger partial charge in [0.05, 0.1) is 13.2 Å². The Balaban J connectivity index is 1.77. The van der Waals surface area contributed by atoms with E-state index in [0.29, 0.717) is 6.04 Å². The van der Waals surface area contributed by atoms with Gasteiger partial charge in [-0.2, -0.15) is 5.10 Å². The highest BCUT2D eigenvalue weighted by Gasteiger charge is 2.13. The zero-order valence-corrected chi connectivity index (χ0v) is 9.59. The minimum Gasteiger partial charge on any atom is -0.379 e. The van der Waals surface area contributed by atoms with Crippen molar-refractivity contribution in [1.29, 1.82) is 0 Å². The molecule has 1 aromatic rings. The molecule has 1 fully saturated rings. The Bertz CT molecular complexity index is 300. The van der Waals surface area contributed by atoms with E-state index < -0.39 is 0 Å². The minimum atomic E-state index is 0.370. The summed E-state index contributed by atoms with van der Waals surface area (Å²) in [6.45, 7) is 6.90. The van der Waals surface area contributed by atoms with Crippen molar-refractivity contribution in [3.05, 3.63) is 18.3 Å². The number of rotatable bonds is 4. The zero-order valence-electron chi connectivity index (χ0n) is 9.59. The van der Waals surface area contributed by atoms with Crippen molar-refractivity contribution >= 4 is 5.82 Å². The van der Waals surface area contributed by atoms with Crippen LogP contribution in [0.1, 0.15) is 6.92 Å². The Morgan fingerprint density at radius 1 is 1.50 bits per heavy atom. The van der Waals surface area contributed by atoms with Crippen molar-refractivity contribution in [2.75, 3.05) is 38.2 Å². The van der Waals surface area contributed by atoms with Crippen molar-refractivity contribution in [3.63, 3.8) is 0 Å². The molecule has 1 aromatic heterocycles. The molecule has 1 N–H and O–H groups in total. The molecule has 1 saturated heterocycles. The molecule has 0 saturated carbocycles. The molecule has 0 bridgehead atoms. The summed E-state index contributed by atoms with van der Waals surface area (Å²) in [5.41, 5.74) is 0. The number of aromatic nitrogens is 2. The number of nitrogens with one attached hydrogen (secondary N) is 1. The molecular weight excluding hydrogens is 204 g/mol. The first-order valence-electron chi connectivity index (χ1n) is 5.69. The average molecular weight is 222 g/mol. The summed E-state index contributed by atoms with van der Waals surface area (Å²) in [4.78, 5) is 2.40. The summed E-state index contributed by atoms with van der Waals surface area (Å²) in [6.07, 6.45) is 1.68. The lowest BCUT2D eigenvalue weighted by molar-refractivity contribution is 0.0368. The molecule has 88 valence electrons. The van der Waals surface area contributed by atoms with E-state index in [2.05, 4.69) is 27.3 Å². The molecule has 0 amide bonds. The van der Waals surface area contributed by atoms with Gasteiger partial charge in [0.1, 0.15) is 5.82 Å². The van der Waals surface area contributed by atoms with Gasteiger partial charge in [-0.15, -0.1) is 5.10 Å². The topological polar surface area (TPSA) is 50.3 Å². The first-order chi connectivity index (χ1) is 7.84. The van der Waals surface area contributed by atoms with Crippen molar-refractivity contribution in [2.24, 2.45) is 0 Å². The van der Waals surface area contributed by atoms with Crippen LogP contribution in [0.4, 0.5) is 5.82 Å². The number of hydrogen-bond acceptors (Lipinski definition) is 5. The van der Waals surface area contributed by atoms with Gasteiger partial charge in [0, 0.05) is 31.9 Å². The number of hydrogen-bond donors (Lipinski definition) is 1. The lowest BCUT2D eigenvalue weighted by atomic mass is 10.3. The highest BCUT2D eigenvalue weighted by Crippen LogP contribution is 2.04. The number of nitrogens with zero attached hydrogens (tertiary/aromatic N) is 3. The van der Waals surface area contributed by atoms with Crippen LogP contribution < -0.4 is 5.32 Å². The van der Waals surface area contributed by atoms with E-state index in [1.165, 1.54) is 0 Å². The zero-order chi connectivity index (χ0) is 11.2. The van der Waals surface area contributed by atoms with Gasteiger partial charge >= 0.3 is 0 Å². The second kappa shape index (κ2) is 5.77. The first kappa shape index (κ1) is 11.3. The number of morpholine rings is 1. The van der Waals surface area contributed by atoms with Gasteiger partial charge in [-0.3, -0.25) is 4.90 Å². The highest BCUT2D eigenvalue weighted by atomic mass is 16.5. The molecular formula is C11H18N4O.